The molecule has 1 unspecified atom stereocenters. The minimum Gasteiger partial charge on any atom is -0.493 e. The van der Waals surface area contributed by atoms with Gasteiger partial charge in [-0.1, -0.05) is 24.3 Å². The van der Waals surface area contributed by atoms with Crippen LogP contribution in [0, 0.1) is 0 Å². The average molecular weight is 332 g/mol. The van der Waals surface area contributed by atoms with E-state index in [2.05, 4.69) is 35.6 Å². The van der Waals surface area contributed by atoms with Crippen molar-refractivity contribution >= 4 is 12.4 Å². The van der Waals surface area contributed by atoms with Crippen LogP contribution in [-0.4, -0.2) is 20.8 Å². The van der Waals surface area contributed by atoms with Gasteiger partial charge in [-0.25, -0.2) is 0 Å². The van der Waals surface area contributed by atoms with E-state index in [0.717, 1.165) is 37.4 Å². The van der Waals surface area contributed by atoms with Crippen LogP contribution in [0.3, 0.4) is 0 Å². The van der Waals surface area contributed by atoms with Gasteiger partial charge in [0.2, 0.25) is 0 Å². The van der Waals surface area contributed by atoms with Crippen LogP contribution >= 0.6 is 12.4 Å². The third-order valence-electron chi connectivity index (χ3n) is 4.99. The number of fused-ring (bicyclic) bond motifs is 2. The summed E-state index contributed by atoms with van der Waals surface area (Å²) in [6, 6.07) is 11.0. The Balaban J connectivity index is 0.00000156. The lowest BCUT2D eigenvalue weighted by atomic mass is 9.82. The number of nitrogens with one attached hydrogen (secondary N) is 1. The largest absolute Gasteiger partial charge is 0.493 e. The maximum absolute atomic E-state index is 5.67. The first kappa shape index (κ1) is 16.2. The Morgan fingerprint density at radius 1 is 1.04 bits per heavy atom. The van der Waals surface area contributed by atoms with E-state index < -0.39 is 0 Å². The number of hydrogen-bond acceptors (Lipinski definition) is 3. The first-order valence-electron chi connectivity index (χ1n) is 7.88. The smallest absolute Gasteiger partial charge is 0.165 e. The molecule has 2 aliphatic rings. The standard InChI is InChI=1S/C19H21NO2.ClH/c1-21-17-9-13-8-7-12-5-3-4-6-14(12)15-10-20-11-16(18(13)15)19(17)22-2;/h3-6,9,15,20H,7-8,10-11H2,1-2H3;1H. The molecule has 0 saturated heterocycles. The Morgan fingerprint density at radius 2 is 1.83 bits per heavy atom. The number of methoxy groups -OCH3 is 2. The number of benzene rings is 2. The lowest BCUT2D eigenvalue weighted by Gasteiger charge is -2.30. The van der Waals surface area contributed by atoms with E-state index in [1.54, 1.807) is 14.2 Å². The summed E-state index contributed by atoms with van der Waals surface area (Å²) in [6.45, 7) is 1.84. The van der Waals surface area contributed by atoms with Crippen molar-refractivity contribution in [2.75, 3.05) is 20.8 Å². The first-order valence-corrected chi connectivity index (χ1v) is 7.88. The van der Waals surface area contributed by atoms with Crippen LogP contribution in [0.2, 0.25) is 0 Å². The van der Waals surface area contributed by atoms with Crippen LogP contribution in [0.15, 0.2) is 30.3 Å². The molecule has 0 amide bonds. The van der Waals surface area contributed by atoms with E-state index in [9.17, 15) is 0 Å². The fourth-order valence-corrected chi connectivity index (χ4v) is 4.04. The minimum absolute atomic E-state index is 0. The fourth-order valence-electron chi connectivity index (χ4n) is 4.04. The lowest BCUT2D eigenvalue weighted by molar-refractivity contribution is 0.347. The van der Waals surface area contributed by atoms with E-state index >= 15 is 0 Å². The Hall–Kier alpha value is -1.71. The number of halogens is 1. The van der Waals surface area contributed by atoms with Crippen molar-refractivity contribution in [1.29, 1.82) is 0 Å². The predicted octanol–water partition coefficient (Wildman–Crippen LogP) is 3.46. The maximum atomic E-state index is 5.67. The van der Waals surface area contributed by atoms with Gasteiger partial charge in [0, 0.05) is 24.6 Å². The summed E-state index contributed by atoms with van der Waals surface area (Å²) in [5, 5.41) is 3.56. The van der Waals surface area contributed by atoms with Crippen LogP contribution in [-0.2, 0) is 19.4 Å². The zero-order chi connectivity index (χ0) is 15.1. The fraction of sp³-hybridized carbons (Fsp3) is 0.368. The van der Waals surface area contributed by atoms with Gasteiger partial charge in [0.05, 0.1) is 14.2 Å². The van der Waals surface area contributed by atoms with Crippen molar-refractivity contribution in [2.45, 2.75) is 25.3 Å². The zero-order valence-electron chi connectivity index (χ0n) is 13.5. The van der Waals surface area contributed by atoms with Gasteiger partial charge in [0.1, 0.15) is 0 Å². The first-order chi connectivity index (χ1) is 10.8. The summed E-state index contributed by atoms with van der Waals surface area (Å²) in [5.41, 5.74) is 7.07. The molecule has 0 spiro atoms. The van der Waals surface area contributed by atoms with Crippen molar-refractivity contribution in [1.82, 2.24) is 5.32 Å². The van der Waals surface area contributed by atoms with Gasteiger partial charge in [-0.2, -0.15) is 0 Å². The molecule has 0 radical (unpaired) electrons. The van der Waals surface area contributed by atoms with Gasteiger partial charge in [-0.05, 0) is 41.2 Å². The van der Waals surface area contributed by atoms with Gasteiger partial charge in [-0.3, -0.25) is 0 Å². The molecule has 1 N–H and O–H groups in total. The summed E-state index contributed by atoms with van der Waals surface area (Å²) >= 11 is 0. The molecule has 0 saturated carbocycles. The van der Waals surface area contributed by atoms with Crippen molar-refractivity contribution in [3.8, 4) is 11.5 Å². The number of hydrogen-bond donors (Lipinski definition) is 1. The number of aryl methyl sites for hydroxylation is 2. The highest BCUT2D eigenvalue weighted by molar-refractivity contribution is 5.85. The second-order valence-electron chi connectivity index (χ2n) is 6.05. The molecule has 4 rings (SSSR count). The van der Waals surface area contributed by atoms with Crippen molar-refractivity contribution in [3.63, 3.8) is 0 Å². The Kier molecular flexibility index (Phi) is 4.51. The van der Waals surface area contributed by atoms with Gasteiger partial charge in [-0.15, -0.1) is 12.4 Å². The molecule has 23 heavy (non-hydrogen) atoms. The molecular formula is C19H22ClNO2. The van der Waals surface area contributed by atoms with Gasteiger partial charge < -0.3 is 14.8 Å². The van der Waals surface area contributed by atoms with Crippen LogP contribution < -0.4 is 14.8 Å². The van der Waals surface area contributed by atoms with Crippen molar-refractivity contribution in [2.24, 2.45) is 0 Å². The monoisotopic (exact) mass is 331 g/mol. The maximum Gasteiger partial charge on any atom is 0.165 e. The van der Waals surface area contributed by atoms with E-state index in [4.69, 9.17) is 9.47 Å². The quantitative estimate of drug-likeness (QED) is 0.914. The van der Waals surface area contributed by atoms with E-state index in [1.165, 1.54) is 27.8 Å². The predicted molar refractivity (Wildman–Crippen MR) is 94.2 cm³/mol. The van der Waals surface area contributed by atoms with Gasteiger partial charge in [0.25, 0.3) is 0 Å². The molecule has 1 atom stereocenters. The van der Waals surface area contributed by atoms with Crippen molar-refractivity contribution in [3.05, 3.63) is 58.1 Å². The third kappa shape index (κ3) is 2.48. The molecule has 1 heterocycles. The van der Waals surface area contributed by atoms with E-state index in [1.807, 2.05) is 0 Å². The lowest BCUT2D eigenvalue weighted by Crippen LogP contribution is -2.30. The molecule has 1 aliphatic carbocycles. The second-order valence-corrected chi connectivity index (χ2v) is 6.05. The minimum atomic E-state index is 0. The van der Waals surface area contributed by atoms with Gasteiger partial charge >= 0.3 is 0 Å². The highest BCUT2D eigenvalue weighted by Gasteiger charge is 2.31. The number of rotatable bonds is 2. The topological polar surface area (TPSA) is 30.5 Å². The molecule has 0 fully saturated rings. The third-order valence-corrected chi connectivity index (χ3v) is 4.99. The van der Waals surface area contributed by atoms with Gasteiger partial charge in [0.15, 0.2) is 11.5 Å². The Morgan fingerprint density at radius 3 is 2.61 bits per heavy atom. The summed E-state index contributed by atoms with van der Waals surface area (Å²) in [4.78, 5) is 0. The molecule has 1 aliphatic heterocycles. The highest BCUT2D eigenvalue weighted by atomic mass is 35.5. The summed E-state index contributed by atoms with van der Waals surface area (Å²) in [7, 11) is 3.45. The molecule has 0 aromatic heterocycles. The Labute approximate surface area is 143 Å². The zero-order valence-corrected chi connectivity index (χ0v) is 14.3. The number of ether oxygens (including phenoxy) is 2. The average Bonchev–Trinajstić information content (AvgIpc) is 2.73. The van der Waals surface area contributed by atoms with Crippen molar-refractivity contribution < 1.29 is 9.47 Å². The molecular weight excluding hydrogens is 310 g/mol. The summed E-state index contributed by atoms with van der Waals surface area (Å²) in [6.07, 6.45) is 2.16. The summed E-state index contributed by atoms with van der Waals surface area (Å²) in [5.74, 6) is 2.15. The van der Waals surface area contributed by atoms with Crippen LogP contribution in [0.1, 0.15) is 33.7 Å². The van der Waals surface area contributed by atoms with E-state index in [0.29, 0.717) is 5.92 Å². The highest BCUT2D eigenvalue weighted by Crippen LogP contribution is 2.45. The second kappa shape index (κ2) is 6.42. The van der Waals surface area contributed by atoms with E-state index in [-0.39, 0.29) is 12.4 Å². The molecule has 4 heteroatoms. The van der Waals surface area contributed by atoms with Crippen LogP contribution in [0.5, 0.6) is 11.5 Å². The Bertz CT molecular complexity index is 730. The van der Waals surface area contributed by atoms with Crippen LogP contribution in [0.4, 0.5) is 0 Å². The van der Waals surface area contributed by atoms with Crippen LogP contribution in [0.25, 0.3) is 0 Å². The normalized spacial score (nSPS) is 18.1. The molecule has 2 aromatic carbocycles. The SMILES string of the molecule is COc1cc2c3c(c1OC)CNCC3c1ccccc1CC2.Cl. The molecule has 2 aromatic rings. The molecule has 3 nitrogen and oxygen atoms in total. The molecule has 122 valence electrons. The molecule has 0 bridgehead atoms. The summed E-state index contributed by atoms with van der Waals surface area (Å²) < 4.78 is 11.2.